The van der Waals surface area contributed by atoms with Crippen molar-refractivity contribution in [1.82, 2.24) is 10.2 Å². The molecular formula is C20H32N2O3. The van der Waals surface area contributed by atoms with Crippen molar-refractivity contribution in [3.8, 4) is 5.75 Å². The van der Waals surface area contributed by atoms with Gasteiger partial charge in [0.25, 0.3) is 0 Å². The molecular weight excluding hydrogens is 316 g/mol. The second kappa shape index (κ2) is 10.4. The molecule has 1 aromatic carbocycles. The molecule has 0 spiro atoms. The molecule has 140 valence electrons. The lowest BCUT2D eigenvalue weighted by Gasteiger charge is -2.29. The number of hydrogen-bond acceptors (Lipinski definition) is 4. The minimum atomic E-state index is -0.206. The van der Waals surface area contributed by atoms with Gasteiger partial charge in [0.15, 0.2) is 0 Å². The Morgan fingerprint density at radius 1 is 1.44 bits per heavy atom. The standard InChI is InChI=1S/C20H32N2O3/c1-3-25-19-10-9-17(14-16(19)2)6-4-8-20(24)21-11-13-22-12-5-7-18(23)15-22/h9-10,14,18,23H,3-8,11-13,15H2,1-2H3,(H,21,24)/t18-/m0/s1. The number of piperidine rings is 1. The first-order valence-electron chi connectivity index (χ1n) is 9.48. The number of benzene rings is 1. The van der Waals surface area contributed by atoms with Crippen LogP contribution >= 0.6 is 0 Å². The van der Waals surface area contributed by atoms with Crippen LogP contribution < -0.4 is 10.1 Å². The number of likely N-dealkylation sites (tertiary alicyclic amines) is 1. The minimum Gasteiger partial charge on any atom is -0.494 e. The van der Waals surface area contributed by atoms with Crippen LogP contribution in [-0.2, 0) is 11.2 Å². The van der Waals surface area contributed by atoms with E-state index in [-0.39, 0.29) is 12.0 Å². The van der Waals surface area contributed by atoms with Gasteiger partial charge in [-0.25, -0.2) is 0 Å². The van der Waals surface area contributed by atoms with E-state index >= 15 is 0 Å². The Morgan fingerprint density at radius 3 is 3.00 bits per heavy atom. The number of amides is 1. The molecule has 1 fully saturated rings. The molecule has 0 saturated carbocycles. The largest absolute Gasteiger partial charge is 0.494 e. The van der Waals surface area contributed by atoms with E-state index in [1.54, 1.807) is 0 Å². The summed E-state index contributed by atoms with van der Waals surface area (Å²) in [6.07, 6.45) is 4.03. The molecule has 1 saturated heterocycles. The number of aryl methyl sites for hydroxylation is 2. The van der Waals surface area contributed by atoms with Crippen LogP contribution in [0.3, 0.4) is 0 Å². The fourth-order valence-electron chi connectivity index (χ4n) is 3.31. The summed E-state index contributed by atoms with van der Waals surface area (Å²) in [6, 6.07) is 6.24. The van der Waals surface area contributed by atoms with Crippen molar-refractivity contribution >= 4 is 5.91 Å². The first-order valence-corrected chi connectivity index (χ1v) is 9.48. The molecule has 2 N–H and O–H groups in total. The lowest BCUT2D eigenvalue weighted by Crippen LogP contribution is -2.42. The number of carbonyl (C=O) groups excluding carboxylic acids is 1. The lowest BCUT2D eigenvalue weighted by atomic mass is 10.0. The smallest absolute Gasteiger partial charge is 0.220 e. The lowest BCUT2D eigenvalue weighted by molar-refractivity contribution is -0.121. The molecule has 5 heteroatoms. The van der Waals surface area contributed by atoms with E-state index in [9.17, 15) is 9.90 Å². The fourth-order valence-corrected chi connectivity index (χ4v) is 3.31. The summed E-state index contributed by atoms with van der Waals surface area (Å²) in [5.41, 5.74) is 2.39. The van der Waals surface area contributed by atoms with E-state index in [0.29, 0.717) is 19.6 Å². The summed E-state index contributed by atoms with van der Waals surface area (Å²) < 4.78 is 5.55. The number of ether oxygens (including phenoxy) is 1. The van der Waals surface area contributed by atoms with Gasteiger partial charge in [0.2, 0.25) is 5.91 Å². The van der Waals surface area contributed by atoms with Crippen molar-refractivity contribution in [2.45, 2.75) is 52.1 Å². The van der Waals surface area contributed by atoms with Crippen LogP contribution in [0.1, 0.15) is 43.7 Å². The SMILES string of the molecule is CCOc1ccc(CCCC(=O)NCCN2CCC[C@H](O)C2)cc1C. The zero-order valence-corrected chi connectivity index (χ0v) is 15.6. The van der Waals surface area contributed by atoms with Crippen molar-refractivity contribution in [1.29, 1.82) is 0 Å². The molecule has 0 aliphatic carbocycles. The van der Waals surface area contributed by atoms with E-state index in [1.165, 1.54) is 5.56 Å². The van der Waals surface area contributed by atoms with Gasteiger partial charge in [-0.2, -0.15) is 0 Å². The van der Waals surface area contributed by atoms with E-state index in [4.69, 9.17) is 4.74 Å². The Balaban J connectivity index is 1.61. The normalized spacial score (nSPS) is 18.1. The Labute approximate surface area is 151 Å². The van der Waals surface area contributed by atoms with E-state index in [2.05, 4.69) is 29.3 Å². The molecule has 1 amide bonds. The Kier molecular flexibility index (Phi) is 8.22. The predicted octanol–water partition coefficient (Wildman–Crippen LogP) is 2.29. The second-order valence-electron chi connectivity index (χ2n) is 6.83. The van der Waals surface area contributed by atoms with Gasteiger partial charge >= 0.3 is 0 Å². The third kappa shape index (κ3) is 7.04. The van der Waals surface area contributed by atoms with E-state index < -0.39 is 0 Å². The number of rotatable bonds is 9. The average molecular weight is 348 g/mol. The molecule has 5 nitrogen and oxygen atoms in total. The van der Waals surface area contributed by atoms with Crippen molar-refractivity contribution in [2.75, 3.05) is 32.8 Å². The van der Waals surface area contributed by atoms with Gasteiger partial charge in [-0.15, -0.1) is 0 Å². The van der Waals surface area contributed by atoms with E-state index in [1.807, 2.05) is 13.0 Å². The van der Waals surface area contributed by atoms with Crippen LogP contribution in [0.5, 0.6) is 5.75 Å². The van der Waals surface area contributed by atoms with Crippen molar-refractivity contribution in [3.05, 3.63) is 29.3 Å². The van der Waals surface area contributed by atoms with Gasteiger partial charge in [0.05, 0.1) is 12.7 Å². The summed E-state index contributed by atoms with van der Waals surface area (Å²) in [7, 11) is 0. The summed E-state index contributed by atoms with van der Waals surface area (Å²) >= 11 is 0. The first-order chi connectivity index (χ1) is 12.1. The van der Waals surface area contributed by atoms with Crippen LogP contribution in [0.2, 0.25) is 0 Å². The first kappa shape index (κ1) is 19.7. The topological polar surface area (TPSA) is 61.8 Å². The molecule has 1 heterocycles. The third-order valence-electron chi connectivity index (χ3n) is 4.64. The maximum Gasteiger partial charge on any atom is 0.220 e. The van der Waals surface area contributed by atoms with Gasteiger partial charge in [-0.3, -0.25) is 9.69 Å². The van der Waals surface area contributed by atoms with Crippen molar-refractivity contribution in [2.24, 2.45) is 0 Å². The number of nitrogens with zero attached hydrogens (tertiary/aromatic N) is 1. The van der Waals surface area contributed by atoms with Gasteiger partial charge in [-0.1, -0.05) is 12.1 Å². The van der Waals surface area contributed by atoms with Gasteiger partial charge in [0, 0.05) is 26.1 Å². The minimum absolute atomic E-state index is 0.111. The number of aliphatic hydroxyl groups excluding tert-OH is 1. The predicted molar refractivity (Wildman–Crippen MR) is 100.0 cm³/mol. The van der Waals surface area contributed by atoms with Crippen molar-refractivity contribution < 1.29 is 14.6 Å². The molecule has 25 heavy (non-hydrogen) atoms. The zero-order valence-electron chi connectivity index (χ0n) is 15.6. The Morgan fingerprint density at radius 2 is 2.28 bits per heavy atom. The second-order valence-corrected chi connectivity index (χ2v) is 6.83. The molecule has 1 aliphatic heterocycles. The van der Waals surface area contributed by atoms with Crippen LogP contribution in [-0.4, -0.2) is 54.8 Å². The third-order valence-corrected chi connectivity index (χ3v) is 4.64. The van der Waals surface area contributed by atoms with Crippen LogP contribution in [0.25, 0.3) is 0 Å². The molecule has 1 aromatic rings. The highest BCUT2D eigenvalue weighted by Crippen LogP contribution is 2.20. The average Bonchev–Trinajstić information content (AvgIpc) is 2.57. The molecule has 0 unspecified atom stereocenters. The van der Waals surface area contributed by atoms with Crippen molar-refractivity contribution in [3.63, 3.8) is 0 Å². The monoisotopic (exact) mass is 348 g/mol. The number of carbonyl (C=O) groups is 1. The summed E-state index contributed by atoms with van der Waals surface area (Å²) in [6.45, 7) is 7.94. The van der Waals surface area contributed by atoms with Gasteiger partial charge in [0.1, 0.15) is 5.75 Å². The van der Waals surface area contributed by atoms with Crippen LogP contribution in [0.4, 0.5) is 0 Å². The number of hydrogen-bond donors (Lipinski definition) is 2. The van der Waals surface area contributed by atoms with Crippen LogP contribution in [0.15, 0.2) is 18.2 Å². The van der Waals surface area contributed by atoms with Crippen LogP contribution in [0, 0.1) is 6.92 Å². The summed E-state index contributed by atoms with van der Waals surface area (Å²) in [4.78, 5) is 14.2. The van der Waals surface area contributed by atoms with Gasteiger partial charge in [-0.05, 0) is 63.3 Å². The molecule has 1 atom stereocenters. The zero-order chi connectivity index (χ0) is 18.1. The number of β-amino-alcohol motifs (C(OH)–C–C–N with tert-alkyl or cyclic N) is 1. The summed E-state index contributed by atoms with van der Waals surface area (Å²) in [5.74, 6) is 1.05. The molecule has 2 rings (SSSR count). The molecule has 0 radical (unpaired) electrons. The Hall–Kier alpha value is -1.59. The quantitative estimate of drug-likeness (QED) is 0.719. The highest BCUT2D eigenvalue weighted by Gasteiger charge is 2.16. The van der Waals surface area contributed by atoms with Gasteiger partial charge < -0.3 is 15.2 Å². The summed E-state index contributed by atoms with van der Waals surface area (Å²) in [5, 5.41) is 12.6. The molecule has 0 aromatic heterocycles. The molecule has 0 bridgehead atoms. The number of aliphatic hydroxyl groups is 1. The fraction of sp³-hybridized carbons (Fsp3) is 0.650. The maximum atomic E-state index is 11.9. The maximum absolute atomic E-state index is 11.9. The highest BCUT2D eigenvalue weighted by molar-refractivity contribution is 5.75. The van der Waals surface area contributed by atoms with E-state index in [0.717, 1.165) is 56.6 Å². The Bertz CT molecular complexity index is 548. The highest BCUT2D eigenvalue weighted by atomic mass is 16.5. The molecule has 1 aliphatic rings. The number of nitrogens with one attached hydrogen (secondary N) is 1.